The van der Waals surface area contributed by atoms with Crippen molar-refractivity contribution in [2.45, 2.75) is 0 Å². The summed E-state index contributed by atoms with van der Waals surface area (Å²) in [4.78, 5) is 28.2. The van der Waals surface area contributed by atoms with E-state index in [1.54, 1.807) is 36.5 Å². The lowest BCUT2D eigenvalue weighted by atomic mass is 10.2. The van der Waals surface area contributed by atoms with Crippen LogP contribution in [0.2, 0.25) is 10.0 Å². The molecule has 0 aliphatic heterocycles. The van der Waals surface area contributed by atoms with E-state index in [9.17, 15) is 9.59 Å². The largest absolute Gasteiger partial charge is 0.493 e. The van der Waals surface area contributed by atoms with E-state index >= 15 is 0 Å². The van der Waals surface area contributed by atoms with Gasteiger partial charge in [-0.1, -0.05) is 23.2 Å². The number of pyridine rings is 1. The van der Waals surface area contributed by atoms with Gasteiger partial charge < -0.3 is 9.47 Å². The maximum atomic E-state index is 12.4. The number of halogens is 2. The van der Waals surface area contributed by atoms with Gasteiger partial charge in [-0.2, -0.15) is 5.10 Å². The van der Waals surface area contributed by atoms with Crippen LogP contribution >= 0.6 is 23.2 Å². The summed E-state index contributed by atoms with van der Waals surface area (Å²) in [6.45, 7) is 0. The average Bonchev–Trinajstić information content (AvgIpc) is 2.77. The highest BCUT2D eigenvalue weighted by Crippen LogP contribution is 2.29. The van der Waals surface area contributed by atoms with Crippen molar-refractivity contribution < 1.29 is 19.1 Å². The average molecular weight is 444 g/mol. The predicted octanol–water partition coefficient (Wildman–Crippen LogP) is 4.38. The first-order valence-corrected chi connectivity index (χ1v) is 9.32. The van der Waals surface area contributed by atoms with Gasteiger partial charge in [-0.05, 0) is 54.1 Å². The molecule has 0 aliphatic carbocycles. The molecule has 0 radical (unpaired) electrons. The first-order valence-electron chi connectivity index (χ1n) is 8.56. The number of methoxy groups -OCH3 is 1. The maximum absolute atomic E-state index is 12.4. The van der Waals surface area contributed by atoms with Gasteiger partial charge in [-0.15, -0.1) is 0 Å². The van der Waals surface area contributed by atoms with E-state index in [0.29, 0.717) is 21.9 Å². The lowest BCUT2D eigenvalue weighted by Crippen LogP contribution is -2.17. The van der Waals surface area contributed by atoms with Crippen molar-refractivity contribution in [3.8, 4) is 11.5 Å². The van der Waals surface area contributed by atoms with Crippen LogP contribution in [0.5, 0.6) is 11.5 Å². The second-order valence-corrected chi connectivity index (χ2v) is 6.68. The lowest BCUT2D eigenvalue weighted by Gasteiger charge is -2.10. The van der Waals surface area contributed by atoms with E-state index in [0.717, 1.165) is 0 Å². The summed E-state index contributed by atoms with van der Waals surface area (Å²) >= 11 is 11.8. The van der Waals surface area contributed by atoms with E-state index < -0.39 is 11.9 Å². The number of hydrazone groups is 1. The number of nitrogens with one attached hydrogen (secondary N) is 1. The Balaban J connectivity index is 1.69. The Morgan fingerprint density at radius 2 is 1.87 bits per heavy atom. The van der Waals surface area contributed by atoms with Crippen molar-refractivity contribution >= 4 is 41.3 Å². The fourth-order valence-corrected chi connectivity index (χ4v) is 2.66. The maximum Gasteiger partial charge on any atom is 0.343 e. The highest BCUT2D eigenvalue weighted by Gasteiger charge is 2.14. The molecular weight excluding hydrogens is 429 g/mol. The highest BCUT2D eigenvalue weighted by atomic mass is 35.5. The summed E-state index contributed by atoms with van der Waals surface area (Å²) in [6.07, 6.45) is 4.44. The van der Waals surface area contributed by atoms with Gasteiger partial charge in [0.2, 0.25) is 0 Å². The molecular formula is C21H15Cl2N3O4. The first-order chi connectivity index (χ1) is 14.5. The van der Waals surface area contributed by atoms with Crippen molar-refractivity contribution in [2.75, 3.05) is 7.11 Å². The zero-order valence-corrected chi connectivity index (χ0v) is 17.1. The third-order valence-corrected chi connectivity index (χ3v) is 4.59. The Morgan fingerprint density at radius 3 is 2.57 bits per heavy atom. The van der Waals surface area contributed by atoms with E-state index in [1.165, 1.54) is 37.7 Å². The fraction of sp³-hybridized carbons (Fsp3) is 0.0476. The molecule has 1 amide bonds. The van der Waals surface area contributed by atoms with Crippen molar-refractivity contribution in [3.63, 3.8) is 0 Å². The Hall–Kier alpha value is -3.42. The molecule has 30 heavy (non-hydrogen) atoms. The quantitative estimate of drug-likeness (QED) is 0.264. The van der Waals surface area contributed by atoms with Crippen LogP contribution in [0.4, 0.5) is 0 Å². The molecule has 0 unspecified atom stereocenters. The van der Waals surface area contributed by atoms with Gasteiger partial charge in [-0.25, -0.2) is 10.2 Å². The van der Waals surface area contributed by atoms with Crippen LogP contribution in [0.3, 0.4) is 0 Å². The Bertz CT molecular complexity index is 1100. The van der Waals surface area contributed by atoms with E-state index in [2.05, 4.69) is 15.5 Å². The van der Waals surface area contributed by atoms with Gasteiger partial charge in [0.15, 0.2) is 11.5 Å². The Kier molecular flexibility index (Phi) is 7.00. The molecule has 1 N–H and O–H groups in total. The molecule has 3 rings (SSSR count). The first kappa shape index (κ1) is 21.3. The smallest absolute Gasteiger partial charge is 0.343 e. The number of carbonyl (C=O) groups is 2. The molecule has 0 spiro atoms. The molecule has 0 bridgehead atoms. The Labute approximate surface area is 182 Å². The normalized spacial score (nSPS) is 10.6. The molecule has 0 saturated heterocycles. The molecule has 1 heterocycles. The monoisotopic (exact) mass is 443 g/mol. The van der Waals surface area contributed by atoms with Gasteiger partial charge in [0.1, 0.15) is 0 Å². The van der Waals surface area contributed by atoms with Crippen molar-refractivity contribution in [2.24, 2.45) is 5.10 Å². The molecule has 9 heteroatoms. The number of rotatable bonds is 6. The molecule has 152 valence electrons. The molecule has 2 aromatic carbocycles. The summed E-state index contributed by atoms with van der Waals surface area (Å²) in [7, 11) is 1.44. The summed E-state index contributed by atoms with van der Waals surface area (Å²) < 4.78 is 10.7. The minimum absolute atomic E-state index is 0.213. The second kappa shape index (κ2) is 9.87. The zero-order valence-electron chi connectivity index (χ0n) is 15.6. The SMILES string of the molecule is COc1cc(/C=N\NC(=O)c2cccnc2)ccc1OC(=O)c1ccc(Cl)c(Cl)c1. The number of amides is 1. The van der Waals surface area contributed by atoms with Crippen LogP contribution in [0.15, 0.2) is 66.0 Å². The molecule has 3 aromatic rings. The topological polar surface area (TPSA) is 89.9 Å². The summed E-state index contributed by atoms with van der Waals surface area (Å²) in [5, 5.41) is 4.49. The van der Waals surface area contributed by atoms with Crippen molar-refractivity contribution in [1.82, 2.24) is 10.4 Å². The number of esters is 1. The van der Waals surface area contributed by atoms with Crippen LogP contribution in [-0.4, -0.2) is 30.2 Å². The third-order valence-electron chi connectivity index (χ3n) is 3.85. The zero-order chi connectivity index (χ0) is 21.5. The number of ether oxygens (including phenoxy) is 2. The van der Waals surface area contributed by atoms with Gasteiger partial charge in [0.25, 0.3) is 5.91 Å². The highest BCUT2D eigenvalue weighted by molar-refractivity contribution is 6.42. The van der Waals surface area contributed by atoms with E-state index in [-0.39, 0.29) is 16.3 Å². The number of carbonyl (C=O) groups excluding carboxylic acids is 2. The van der Waals surface area contributed by atoms with Crippen LogP contribution in [0.25, 0.3) is 0 Å². The second-order valence-electron chi connectivity index (χ2n) is 5.87. The number of aromatic nitrogens is 1. The molecule has 0 saturated carbocycles. The summed E-state index contributed by atoms with van der Waals surface area (Å²) in [5.41, 5.74) is 3.65. The minimum Gasteiger partial charge on any atom is -0.493 e. The van der Waals surface area contributed by atoms with Crippen molar-refractivity contribution in [1.29, 1.82) is 0 Å². The molecule has 0 aliphatic rings. The minimum atomic E-state index is -0.614. The predicted molar refractivity (Wildman–Crippen MR) is 114 cm³/mol. The van der Waals surface area contributed by atoms with Gasteiger partial charge in [0, 0.05) is 12.4 Å². The number of benzene rings is 2. The number of hydrogen-bond acceptors (Lipinski definition) is 6. The van der Waals surface area contributed by atoms with E-state index in [1.807, 2.05) is 0 Å². The van der Waals surface area contributed by atoms with Crippen molar-refractivity contribution in [3.05, 3.63) is 87.7 Å². The van der Waals surface area contributed by atoms with Gasteiger partial charge in [-0.3, -0.25) is 9.78 Å². The standard InChI is InChI=1S/C21H15Cl2N3O4/c1-29-19-9-13(11-25-26-20(27)15-3-2-8-24-12-15)4-7-18(19)30-21(28)14-5-6-16(22)17(23)10-14/h2-12H,1H3,(H,26,27)/b25-11-. The molecule has 0 fully saturated rings. The fourth-order valence-electron chi connectivity index (χ4n) is 2.36. The van der Waals surface area contributed by atoms with Crippen LogP contribution in [0.1, 0.15) is 26.3 Å². The van der Waals surface area contributed by atoms with Crippen LogP contribution in [-0.2, 0) is 0 Å². The Morgan fingerprint density at radius 1 is 1.03 bits per heavy atom. The van der Waals surface area contributed by atoms with Gasteiger partial charge >= 0.3 is 5.97 Å². The van der Waals surface area contributed by atoms with Gasteiger partial charge in [0.05, 0.1) is 34.5 Å². The van der Waals surface area contributed by atoms with E-state index in [4.69, 9.17) is 32.7 Å². The number of hydrogen-bond donors (Lipinski definition) is 1. The lowest BCUT2D eigenvalue weighted by molar-refractivity contribution is 0.0729. The number of nitrogens with zero attached hydrogens (tertiary/aromatic N) is 2. The molecule has 1 aromatic heterocycles. The summed E-state index contributed by atoms with van der Waals surface area (Å²) in [5.74, 6) is -0.480. The van der Waals surface area contributed by atoms with Crippen LogP contribution in [0, 0.1) is 0 Å². The summed E-state index contributed by atoms with van der Waals surface area (Å²) in [6, 6.07) is 12.5. The third kappa shape index (κ3) is 5.34. The molecule has 7 nitrogen and oxygen atoms in total. The molecule has 0 atom stereocenters. The van der Waals surface area contributed by atoms with Crippen LogP contribution < -0.4 is 14.9 Å².